The number of nitrogens with zero attached hydrogens (tertiary/aromatic N) is 1. The fourth-order valence-corrected chi connectivity index (χ4v) is 8.89. The molecule has 13 amide bonds. The summed E-state index contributed by atoms with van der Waals surface area (Å²) in [6.07, 6.45) is -1.59. The Morgan fingerprint density at radius 2 is 0.928 bits per heavy atom. The molecule has 37 heteroatoms. The fourth-order valence-electron chi connectivity index (χ4n) is 7.45. The molecule has 83 heavy (non-hydrogen) atoms. The molecule has 17 N–H and O–H groups in total. The molecule has 0 aromatic heterocycles. The van der Waals surface area contributed by atoms with E-state index < -0.39 is 193 Å². The number of carboxylic acid groups (broad SMARTS) is 2. The van der Waals surface area contributed by atoms with Crippen molar-refractivity contribution >= 4 is 165 Å². The van der Waals surface area contributed by atoms with Crippen LogP contribution in [-0.4, -0.2) is 224 Å². The summed E-state index contributed by atoms with van der Waals surface area (Å²) in [5.74, 6) is -16.6. The third kappa shape index (κ3) is 26.3. The second kappa shape index (κ2) is 38.1. The number of carbonyl (C=O) groups is 15. The van der Waals surface area contributed by atoms with Crippen LogP contribution in [0.1, 0.15) is 66.2 Å². The van der Waals surface area contributed by atoms with Crippen molar-refractivity contribution in [3.8, 4) is 0 Å². The van der Waals surface area contributed by atoms with E-state index in [4.69, 9.17) is 16.6 Å². The first-order valence-corrected chi connectivity index (χ1v) is 29.4. The number of amides is 13. The summed E-state index contributed by atoms with van der Waals surface area (Å²) in [4.78, 5) is 195. The van der Waals surface area contributed by atoms with Gasteiger partial charge in [-0.25, -0.2) is 4.79 Å². The Morgan fingerprint density at radius 3 is 1.39 bits per heavy atom. The molecule has 468 valence electrons. The number of nitrogens with two attached hydrogens (primary N) is 2. The van der Waals surface area contributed by atoms with Gasteiger partial charge < -0.3 is 85.1 Å². The van der Waals surface area contributed by atoms with Crippen LogP contribution in [0.4, 0.5) is 0 Å². The first-order chi connectivity index (χ1) is 38.9. The van der Waals surface area contributed by atoms with Crippen LogP contribution in [0.3, 0.4) is 0 Å². The number of thiol groups is 6. The molecule has 0 bridgehead atoms. The van der Waals surface area contributed by atoms with E-state index in [-0.39, 0.29) is 60.5 Å². The largest absolute Gasteiger partial charge is 0.481 e. The first kappa shape index (κ1) is 75.1. The van der Waals surface area contributed by atoms with Crippen molar-refractivity contribution in [2.75, 3.05) is 47.6 Å². The summed E-state index contributed by atoms with van der Waals surface area (Å²) in [6.45, 7) is 5.24. The van der Waals surface area contributed by atoms with Gasteiger partial charge in [0, 0.05) is 47.5 Å². The minimum Gasteiger partial charge on any atom is -0.481 e. The maximum Gasteiger partial charge on any atom is 0.327 e. The second-order valence-corrected chi connectivity index (χ2v) is 21.4. The average molecular weight is 1290 g/mol. The van der Waals surface area contributed by atoms with Crippen molar-refractivity contribution in [2.45, 2.75) is 139 Å². The van der Waals surface area contributed by atoms with Crippen LogP contribution < -0.4 is 70.0 Å². The lowest BCUT2D eigenvalue weighted by molar-refractivity contribution is -0.143. The van der Waals surface area contributed by atoms with Crippen molar-refractivity contribution in [1.29, 1.82) is 0 Å². The third-order valence-corrected chi connectivity index (χ3v) is 14.2. The van der Waals surface area contributed by atoms with Gasteiger partial charge in [0.1, 0.15) is 66.5 Å². The zero-order valence-electron chi connectivity index (χ0n) is 45.7. The van der Waals surface area contributed by atoms with E-state index >= 15 is 0 Å². The van der Waals surface area contributed by atoms with E-state index in [9.17, 15) is 77.0 Å². The number of hydrogen-bond acceptors (Lipinski definition) is 22. The van der Waals surface area contributed by atoms with Crippen molar-refractivity contribution in [1.82, 2.24) is 63.4 Å². The number of carboxylic acids is 2. The van der Waals surface area contributed by atoms with Gasteiger partial charge in [0.2, 0.25) is 76.8 Å². The van der Waals surface area contributed by atoms with E-state index in [0.717, 1.165) is 4.90 Å². The normalized spacial score (nSPS) is 16.8. The summed E-state index contributed by atoms with van der Waals surface area (Å²) < 4.78 is 0. The smallest absolute Gasteiger partial charge is 0.327 e. The molecule has 0 unspecified atom stereocenters. The van der Waals surface area contributed by atoms with Gasteiger partial charge in [-0.1, -0.05) is 13.8 Å². The molecule has 1 saturated heterocycles. The highest BCUT2D eigenvalue weighted by atomic mass is 32.1. The predicted octanol–water partition coefficient (Wildman–Crippen LogP) is -7.24. The van der Waals surface area contributed by atoms with E-state index in [2.05, 4.69) is 134 Å². The summed E-state index contributed by atoms with van der Waals surface area (Å²) in [7, 11) is 0. The lowest BCUT2D eigenvalue weighted by Crippen LogP contribution is -2.61. The molecule has 0 radical (unpaired) electrons. The fraction of sp³-hybridized carbons (Fsp3) is 0.674. The van der Waals surface area contributed by atoms with Gasteiger partial charge in [0.15, 0.2) is 0 Å². The Hall–Kier alpha value is -5.89. The Balaban J connectivity index is 3.13. The van der Waals surface area contributed by atoms with Crippen molar-refractivity contribution < 1.29 is 82.1 Å². The lowest BCUT2D eigenvalue weighted by Gasteiger charge is -2.30. The minimum atomic E-state index is -1.71. The predicted molar refractivity (Wildman–Crippen MR) is 317 cm³/mol. The molecule has 0 saturated carbocycles. The Labute approximate surface area is 511 Å². The molecule has 1 fully saturated rings. The highest BCUT2D eigenvalue weighted by molar-refractivity contribution is 7.81. The Morgan fingerprint density at radius 1 is 0.506 bits per heavy atom. The van der Waals surface area contributed by atoms with Crippen LogP contribution in [0.2, 0.25) is 0 Å². The molecule has 1 aliphatic rings. The highest BCUT2D eigenvalue weighted by Gasteiger charge is 2.41. The van der Waals surface area contributed by atoms with Crippen LogP contribution in [0.5, 0.6) is 0 Å². The number of rotatable bonds is 37. The molecular weight excluding hydrogens is 1210 g/mol. The number of carbonyl (C=O) groups excluding carboxylic acids is 13. The van der Waals surface area contributed by atoms with Crippen molar-refractivity contribution in [3.05, 3.63) is 0 Å². The number of nitrogens with one attached hydrogen (secondary N) is 11. The van der Waals surface area contributed by atoms with Crippen molar-refractivity contribution in [3.63, 3.8) is 0 Å². The second-order valence-electron chi connectivity index (χ2n) is 19.2. The molecule has 1 aliphatic heterocycles. The number of primary amides is 1. The molecule has 0 spiro atoms. The summed E-state index contributed by atoms with van der Waals surface area (Å²) in [6, 6.07) is -16.7. The summed E-state index contributed by atoms with van der Waals surface area (Å²) in [5, 5.41) is 44.4. The van der Waals surface area contributed by atoms with Crippen LogP contribution in [0.15, 0.2) is 0 Å². The lowest BCUT2D eigenvalue weighted by atomic mass is 10.0. The van der Waals surface area contributed by atoms with Crippen LogP contribution in [0, 0.1) is 5.92 Å². The zero-order chi connectivity index (χ0) is 63.4. The van der Waals surface area contributed by atoms with Gasteiger partial charge >= 0.3 is 11.9 Å². The zero-order valence-corrected chi connectivity index (χ0v) is 51.1. The standard InChI is InChI=1S/C46H76N14O17S6/c1-19(2)10-24(54-38(68)23(7-8-34(63)64)53-41(71)27(15-80)57-37(67)22(47)13-78)39(69)58-29(17-82)43(73)59-28(16-81)42(72)55-25(11-32(48)61)45(75)60-9-5-6-31(60)44(74)51-21(4)36(66)56-26(14-79)40(70)50-20(3)35(65)49-12-33(62)52-30(18-83)46(76)77/h19-31,78-83H,5-18,47H2,1-4H3,(H2,48,61)(H,49,65)(H,50,70)(H,51,74)(H,52,62)(H,53,71)(H,54,68)(H,55,72)(H,56,66)(H,57,67)(H,58,69)(H,59,73)(H,63,64)(H,76,77)/t20-,21-,22-,23-,24-,25-,26-,27-,28-,29-,30+,31-/m0/s1. The molecule has 1 rings (SSSR count). The van der Waals surface area contributed by atoms with Gasteiger partial charge in [-0.05, 0) is 45.4 Å². The summed E-state index contributed by atoms with van der Waals surface area (Å²) >= 11 is 24.3. The van der Waals surface area contributed by atoms with Crippen molar-refractivity contribution in [2.24, 2.45) is 17.4 Å². The van der Waals surface area contributed by atoms with Gasteiger partial charge in [-0.15, -0.1) is 0 Å². The number of aliphatic carboxylic acids is 2. The molecule has 12 atom stereocenters. The van der Waals surface area contributed by atoms with Gasteiger partial charge in [0.25, 0.3) is 0 Å². The van der Waals surface area contributed by atoms with Gasteiger partial charge in [-0.2, -0.15) is 75.8 Å². The Kier molecular flexibility index (Phi) is 34.5. The van der Waals surface area contributed by atoms with Gasteiger partial charge in [-0.3, -0.25) is 67.1 Å². The molecule has 31 nitrogen and oxygen atoms in total. The average Bonchev–Trinajstić information content (AvgIpc) is 4.09. The van der Waals surface area contributed by atoms with Crippen LogP contribution in [-0.2, 0) is 71.9 Å². The van der Waals surface area contributed by atoms with Gasteiger partial charge in [0.05, 0.1) is 19.0 Å². The monoisotopic (exact) mass is 1290 g/mol. The maximum absolute atomic E-state index is 14.1. The quantitative estimate of drug-likeness (QED) is 0.0257. The number of hydrogen-bond donors (Lipinski definition) is 21. The SMILES string of the molecule is CC(C)C[C@H](NC(=O)[C@H](CCC(=O)O)NC(=O)[C@H](CS)NC(=O)[C@@H](N)CS)C(=O)N[C@@H](CS)C(=O)N[C@@H](CS)C(=O)N[C@@H](CC(N)=O)C(=O)N1CCC[C@H]1C(=O)N[C@@H](C)C(=O)N[C@@H](CS)C(=O)N[C@@H](C)C(=O)NCC(=O)N[C@H](CS)C(=O)O. The third-order valence-electron chi connectivity index (χ3n) is 12.0. The first-order valence-electron chi connectivity index (χ1n) is 25.6. The maximum atomic E-state index is 14.1. The van der Waals surface area contributed by atoms with Crippen LogP contribution >= 0.6 is 75.8 Å². The number of likely N-dealkylation sites (tertiary alicyclic amines) is 1. The molecule has 1 heterocycles. The topological polar surface area (TPSA) is 484 Å². The van der Waals surface area contributed by atoms with E-state index in [1.54, 1.807) is 13.8 Å². The van der Waals surface area contributed by atoms with E-state index in [0.29, 0.717) is 0 Å². The highest BCUT2D eigenvalue weighted by Crippen LogP contribution is 2.20. The molecule has 0 aliphatic carbocycles. The summed E-state index contributed by atoms with van der Waals surface area (Å²) in [5.41, 5.74) is 11.1. The van der Waals surface area contributed by atoms with E-state index in [1.165, 1.54) is 13.8 Å². The molecule has 0 aromatic rings. The van der Waals surface area contributed by atoms with Crippen LogP contribution in [0.25, 0.3) is 0 Å². The minimum absolute atomic E-state index is 0.0490. The Bertz CT molecular complexity index is 2370. The van der Waals surface area contributed by atoms with E-state index in [1.807, 2.05) is 0 Å². The molecule has 0 aromatic carbocycles. The molecular formula is C46H76N14O17S6.